The molecule has 1 atom stereocenters. The van der Waals surface area contributed by atoms with Gasteiger partial charge < -0.3 is 15.0 Å². The normalized spacial score (nSPS) is 12.2. The highest BCUT2D eigenvalue weighted by Gasteiger charge is 2.29. The molecule has 0 heterocycles. The third kappa shape index (κ3) is 6.84. The van der Waals surface area contributed by atoms with Gasteiger partial charge in [-0.25, -0.2) is 0 Å². The average molecular weight is 439 g/mol. The van der Waals surface area contributed by atoms with Crippen molar-refractivity contribution in [1.82, 2.24) is 10.2 Å². The van der Waals surface area contributed by atoms with Gasteiger partial charge in [-0.2, -0.15) is 0 Å². The van der Waals surface area contributed by atoms with Crippen molar-refractivity contribution in [1.29, 1.82) is 0 Å². The van der Waals surface area contributed by atoms with E-state index >= 15 is 0 Å². The minimum absolute atomic E-state index is 0.105. The fourth-order valence-corrected chi connectivity index (χ4v) is 3.69. The van der Waals surface area contributed by atoms with Crippen molar-refractivity contribution >= 4 is 11.8 Å². The molecule has 2 aromatic rings. The van der Waals surface area contributed by atoms with Gasteiger partial charge in [0.25, 0.3) is 5.91 Å². The average Bonchev–Trinajstić information content (AvgIpc) is 2.76. The summed E-state index contributed by atoms with van der Waals surface area (Å²) in [5.41, 5.74) is 3.06. The molecule has 2 aromatic carbocycles. The fraction of sp³-hybridized carbons (Fsp3) is 0.481. The summed E-state index contributed by atoms with van der Waals surface area (Å²) in [5.74, 6) is 0.384. The summed E-state index contributed by atoms with van der Waals surface area (Å²) < 4.78 is 6.01. The Bertz CT molecular complexity index is 902. The van der Waals surface area contributed by atoms with E-state index in [4.69, 9.17) is 4.74 Å². The van der Waals surface area contributed by atoms with E-state index in [1.54, 1.807) is 4.90 Å². The lowest BCUT2D eigenvalue weighted by Gasteiger charge is -2.31. The molecule has 0 aliphatic heterocycles. The summed E-state index contributed by atoms with van der Waals surface area (Å²) in [4.78, 5) is 27.9. The highest BCUT2D eigenvalue weighted by Crippen LogP contribution is 2.31. The molecule has 0 saturated heterocycles. The van der Waals surface area contributed by atoms with Gasteiger partial charge in [-0.15, -0.1) is 0 Å². The van der Waals surface area contributed by atoms with Crippen LogP contribution in [0.15, 0.2) is 48.5 Å². The maximum Gasteiger partial charge on any atom is 0.261 e. The molecule has 32 heavy (non-hydrogen) atoms. The molecule has 5 heteroatoms. The van der Waals surface area contributed by atoms with Gasteiger partial charge in [0.1, 0.15) is 11.8 Å². The summed E-state index contributed by atoms with van der Waals surface area (Å²) in [6.45, 7) is 13.2. The van der Waals surface area contributed by atoms with Gasteiger partial charge >= 0.3 is 0 Å². The van der Waals surface area contributed by atoms with Gasteiger partial charge in [-0.05, 0) is 47.9 Å². The Morgan fingerprint density at radius 2 is 1.69 bits per heavy atom. The molecule has 0 radical (unpaired) electrons. The van der Waals surface area contributed by atoms with Gasteiger partial charge in [0, 0.05) is 13.1 Å². The predicted molar refractivity (Wildman–Crippen MR) is 130 cm³/mol. The van der Waals surface area contributed by atoms with Crippen LogP contribution in [0.1, 0.15) is 64.2 Å². The molecule has 2 amide bonds. The number of nitrogens with zero attached hydrogens (tertiary/aromatic N) is 1. The number of rotatable bonds is 10. The Kier molecular flexibility index (Phi) is 9.30. The van der Waals surface area contributed by atoms with E-state index in [-0.39, 0.29) is 23.8 Å². The Morgan fingerprint density at radius 3 is 2.31 bits per heavy atom. The van der Waals surface area contributed by atoms with E-state index in [9.17, 15) is 9.59 Å². The second-order valence-corrected chi connectivity index (χ2v) is 9.20. The topological polar surface area (TPSA) is 58.6 Å². The van der Waals surface area contributed by atoms with Crippen molar-refractivity contribution in [2.24, 2.45) is 0 Å². The highest BCUT2D eigenvalue weighted by molar-refractivity contribution is 5.88. The second-order valence-electron chi connectivity index (χ2n) is 9.20. The minimum Gasteiger partial charge on any atom is -0.483 e. The molecule has 0 fully saturated rings. The molecule has 0 saturated carbocycles. The van der Waals surface area contributed by atoms with Gasteiger partial charge in [-0.3, -0.25) is 9.59 Å². The summed E-state index contributed by atoms with van der Waals surface area (Å²) in [6, 6.07) is 15.2. The van der Waals surface area contributed by atoms with Crippen molar-refractivity contribution in [2.75, 3.05) is 13.2 Å². The standard InChI is InChI=1S/C27H38N2O3/c1-7-17-28-26(31)23(8-2)29(18-21-14-10-9-13-20(21)3)25(30)19-32-24-16-12-11-15-22(24)27(4,5)6/h9-16,23H,7-8,17-19H2,1-6H3,(H,28,31)/t23-/m0/s1. The molecule has 0 aromatic heterocycles. The van der Waals surface area contributed by atoms with Crippen LogP contribution in [0.4, 0.5) is 0 Å². The predicted octanol–water partition coefficient (Wildman–Crippen LogP) is 5.00. The van der Waals surface area contributed by atoms with E-state index in [0.717, 1.165) is 23.1 Å². The summed E-state index contributed by atoms with van der Waals surface area (Å²) in [6.07, 6.45) is 1.38. The number of benzene rings is 2. The Morgan fingerprint density at radius 1 is 1.03 bits per heavy atom. The third-order valence-electron chi connectivity index (χ3n) is 5.58. The highest BCUT2D eigenvalue weighted by atomic mass is 16.5. The lowest BCUT2D eigenvalue weighted by Crippen LogP contribution is -2.50. The zero-order chi connectivity index (χ0) is 23.7. The molecular weight excluding hydrogens is 400 g/mol. The maximum absolute atomic E-state index is 13.4. The first-order chi connectivity index (χ1) is 15.2. The van der Waals surface area contributed by atoms with Crippen LogP contribution in [0.5, 0.6) is 5.75 Å². The van der Waals surface area contributed by atoms with Crippen LogP contribution in [0.3, 0.4) is 0 Å². The zero-order valence-electron chi connectivity index (χ0n) is 20.4. The first kappa shape index (κ1) is 25.4. The first-order valence-electron chi connectivity index (χ1n) is 11.5. The minimum atomic E-state index is -0.546. The lowest BCUT2D eigenvalue weighted by atomic mass is 9.86. The molecule has 0 aliphatic rings. The number of ether oxygens (including phenoxy) is 1. The molecule has 0 bridgehead atoms. The number of carbonyl (C=O) groups is 2. The van der Waals surface area contributed by atoms with Gasteiger partial charge in [0.05, 0.1) is 0 Å². The van der Waals surface area contributed by atoms with Crippen molar-refractivity contribution in [3.8, 4) is 5.75 Å². The van der Waals surface area contributed by atoms with Gasteiger partial charge in [0.15, 0.2) is 6.61 Å². The van der Waals surface area contributed by atoms with Crippen LogP contribution in [0.25, 0.3) is 0 Å². The van der Waals surface area contributed by atoms with Gasteiger partial charge in [-0.1, -0.05) is 77.1 Å². The lowest BCUT2D eigenvalue weighted by molar-refractivity contribution is -0.143. The molecular formula is C27H38N2O3. The van der Waals surface area contributed by atoms with E-state index in [0.29, 0.717) is 25.3 Å². The maximum atomic E-state index is 13.4. The molecule has 5 nitrogen and oxygen atoms in total. The van der Waals surface area contributed by atoms with Crippen LogP contribution in [0.2, 0.25) is 0 Å². The molecule has 174 valence electrons. The number of amides is 2. The van der Waals surface area contributed by atoms with E-state index in [2.05, 4.69) is 26.1 Å². The number of nitrogens with one attached hydrogen (secondary N) is 1. The van der Waals surface area contributed by atoms with Crippen molar-refractivity contribution in [2.45, 2.75) is 72.4 Å². The SMILES string of the molecule is CCCNC(=O)[C@H](CC)N(Cc1ccccc1C)C(=O)COc1ccccc1C(C)(C)C. The van der Waals surface area contributed by atoms with E-state index in [1.807, 2.05) is 69.3 Å². The summed E-state index contributed by atoms with van der Waals surface area (Å²) in [7, 11) is 0. The molecule has 0 aliphatic carbocycles. The fourth-order valence-electron chi connectivity index (χ4n) is 3.69. The molecule has 0 unspecified atom stereocenters. The van der Waals surface area contributed by atoms with Crippen LogP contribution >= 0.6 is 0 Å². The summed E-state index contributed by atoms with van der Waals surface area (Å²) >= 11 is 0. The Balaban J connectivity index is 2.27. The largest absolute Gasteiger partial charge is 0.483 e. The quantitative estimate of drug-likeness (QED) is 0.568. The van der Waals surface area contributed by atoms with E-state index in [1.165, 1.54) is 0 Å². The third-order valence-corrected chi connectivity index (χ3v) is 5.58. The van der Waals surface area contributed by atoms with Crippen molar-refractivity contribution in [3.63, 3.8) is 0 Å². The summed E-state index contributed by atoms with van der Waals surface area (Å²) in [5, 5.41) is 2.95. The molecule has 1 N–H and O–H groups in total. The van der Waals surface area contributed by atoms with Crippen molar-refractivity contribution < 1.29 is 14.3 Å². The number of hydrogen-bond acceptors (Lipinski definition) is 3. The van der Waals surface area contributed by atoms with E-state index < -0.39 is 6.04 Å². The van der Waals surface area contributed by atoms with Crippen molar-refractivity contribution in [3.05, 3.63) is 65.2 Å². The second kappa shape index (κ2) is 11.7. The van der Waals surface area contributed by atoms with Gasteiger partial charge in [0.2, 0.25) is 5.91 Å². The molecule has 2 rings (SSSR count). The van der Waals surface area contributed by atoms with Crippen LogP contribution in [-0.2, 0) is 21.5 Å². The monoisotopic (exact) mass is 438 g/mol. The molecule has 0 spiro atoms. The smallest absolute Gasteiger partial charge is 0.261 e. The first-order valence-corrected chi connectivity index (χ1v) is 11.5. The Labute approximate surface area is 193 Å². The van der Waals surface area contributed by atoms with Crippen LogP contribution in [0, 0.1) is 6.92 Å². The number of aryl methyl sites for hydroxylation is 1. The number of para-hydroxylation sites is 1. The van der Waals surface area contributed by atoms with Crippen LogP contribution in [-0.4, -0.2) is 35.9 Å². The van der Waals surface area contributed by atoms with Crippen LogP contribution < -0.4 is 10.1 Å². The number of hydrogen-bond donors (Lipinski definition) is 1. The zero-order valence-corrected chi connectivity index (χ0v) is 20.4. The number of carbonyl (C=O) groups excluding carboxylic acids is 2. The Hall–Kier alpha value is -2.82.